The van der Waals surface area contributed by atoms with E-state index in [0.717, 1.165) is 42.7 Å². The summed E-state index contributed by atoms with van der Waals surface area (Å²) in [6.07, 6.45) is 3.76. The Balaban J connectivity index is 0.00000220. The minimum Gasteiger partial charge on any atom is -0.492 e. The molecule has 0 aliphatic heterocycles. The van der Waals surface area contributed by atoms with E-state index >= 15 is 0 Å². The Labute approximate surface area is 132 Å². The Morgan fingerprint density at radius 1 is 1.43 bits per heavy atom. The molecule has 1 amide bonds. The van der Waals surface area contributed by atoms with Crippen LogP contribution < -0.4 is 15.8 Å². The van der Waals surface area contributed by atoms with E-state index in [2.05, 4.69) is 5.32 Å². The van der Waals surface area contributed by atoms with Gasteiger partial charge in [0.2, 0.25) is 5.91 Å². The molecule has 0 radical (unpaired) electrons. The highest BCUT2D eigenvalue weighted by atomic mass is 35.5. The van der Waals surface area contributed by atoms with Crippen LogP contribution in [0.25, 0.3) is 0 Å². The van der Waals surface area contributed by atoms with Gasteiger partial charge in [-0.2, -0.15) is 0 Å². The zero-order chi connectivity index (χ0) is 14.5. The summed E-state index contributed by atoms with van der Waals surface area (Å²) in [5, 5.41) is 2.99. The van der Waals surface area contributed by atoms with Gasteiger partial charge in [0.15, 0.2) is 0 Å². The van der Waals surface area contributed by atoms with Crippen LogP contribution in [0.5, 0.6) is 5.75 Å². The van der Waals surface area contributed by atoms with Crippen molar-refractivity contribution in [1.82, 2.24) is 0 Å². The maximum Gasteiger partial charge on any atom is 0.227 e. The van der Waals surface area contributed by atoms with Gasteiger partial charge in [0.1, 0.15) is 5.75 Å². The largest absolute Gasteiger partial charge is 0.492 e. The van der Waals surface area contributed by atoms with Crippen LogP contribution in [0, 0.1) is 12.8 Å². The van der Waals surface area contributed by atoms with Crippen molar-refractivity contribution in [3.05, 3.63) is 23.8 Å². The van der Waals surface area contributed by atoms with E-state index in [1.54, 1.807) is 0 Å². The van der Waals surface area contributed by atoms with Gasteiger partial charge in [-0.25, -0.2) is 0 Å². The standard InChI is InChI=1S/C16H24N2O2.ClH/c1-3-20-15-9-11(2)7-8-14(15)18-16(19)12-5-4-6-13(17)10-12;/h7-9,12-13H,3-6,10,17H2,1-2H3,(H,18,19);1H. The third-order valence-electron chi connectivity index (χ3n) is 3.78. The molecular formula is C16H25ClN2O2. The summed E-state index contributed by atoms with van der Waals surface area (Å²) in [5.41, 5.74) is 7.82. The van der Waals surface area contributed by atoms with E-state index in [4.69, 9.17) is 10.5 Å². The lowest BCUT2D eigenvalue weighted by molar-refractivity contribution is -0.120. The molecule has 5 heteroatoms. The maximum atomic E-state index is 12.3. The van der Waals surface area contributed by atoms with E-state index in [9.17, 15) is 4.79 Å². The first-order valence-electron chi connectivity index (χ1n) is 7.40. The minimum absolute atomic E-state index is 0. The van der Waals surface area contributed by atoms with Crippen LogP contribution in [0.3, 0.4) is 0 Å². The molecule has 1 aromatic carbocycles. The number of hydrogen-bond donors (Lipinski definition) is 2. The lowest BCUT2D eigenvalue weighted by Gasteiger charge is -2.26. The number of rotatable bonds is 4. The predicted molar refractivity (Wildman–Crippen MR) is 88.2 cm³/mol. The SMILES string of the molecule is CCOc1cc(C)ccc1NC(=O)C1CCCC(N)C1.Cl. The van der Waals surface area contributed by atoms with Crippen molar-refractivity contribution in [2.75, 3.05) is 11.9 Å². The van der Waals surface area contributed by atoms with Crippen molar-refractivity contribution >= 4 is 24.0 Å². The molecule has 21 heavy (non-hydrogen) atoms. The Bertz CT molecular complexity index is 479. The van der Waals surface area contributed by atoms with Gasteiger partial charge in [-0.3, -0.25) is 4.79 Å². The van der Waals surface area contributed by atoms with Crippen molar-refractivity contribution in [3.8, 4) is 5.75 Å². The summed E-state index contributed by atoms with van der Waals surface area (Å²) < 4.78 is 5.59. The maximum absolute atomic E-state index is 12.3. The summed E-state index contributed by atoms with van der Waals surface area (Å²) in [6, 6.07) is 5.99. The quantitative estimate of drug-likeness (QED) is 0.896. The van der Waals surface area contributed by atoms with Crippen molar-refractivity contribution in [2.45, 2.75) is 45.6 Å². The predicted octanol–water partition coefficient (Wildman–Crippen LogP) is 3.27. The first kappa shape index (κ1) is 17.8. The highest BCUT2D eigenvalue weighted by Crippen LogP contribution is 2.29. The summed E-state index contributed by atoms with van der Waals surface area (Å²) in [4.78, 5) is 12.3. The van der Waals surface area contributed by atoms with Crippen LogP contribution in [0.1, 0.15) is 38.2 Å². The molecule has 1 saturated carbocycles. The van der Waals surface area contributed by atoms with Crippen molar-refractivity contribution in [3.63, 3.8) is 0 Å². The topological polar surface area (TPSA) is 64.3 Å². The molecule has 0 saturated heterocycles. The number of nitrogens with one attached hydrogen (secondary N) is 1. The second-order valence-corrected chi connectivity index (χ2v) is 5.55. The second-order valence-electron chi connectivity index (χ2n) is 5.55. The van der Waals surface area contributed by atoms with Crippen molar-refractivity contribution in [1.29, 1.82) is 0 Å². The lowest BCUT2D eigenvalue weighted by Crippen LogP contribution is -2.34. The molecule has 1 aliphatic rings. The molecule has 0 aromatic heterocycles. The molecule has 0 heterocycles. The third kappa shape index (κ3) is 4.90. The number of aryl methyl sites for hydroxylation is 1. The first-order chi connectivity index (χ1) is 9.60. The number of benzene rings is 1. The monoisotopic (exact) mass is 312 g/mol. The number of hydrogen-bond acceptors (Lipinski definition) is 3. The molecule has 2 unspecified atom stereocenters. The van der Waals surface area contributed by atoms with Crippen LogP contribution in [0.2, 0.25) is 0 Å². The Kier molecular flexibility index (Phi) is 6.99. The molecule has 1 aliphatic carbocycles. The number of amides is 1. The smallest absolute Gasteiger partial charge is 0.227 e. The lowest BCUT2D eigenvalue weighted by atomic mass is 9.85. The molecule has 0 bridgehead atoms. The molecule has 1 fully saturated rings. The van der Waals surface area contributed by atoms with Crippen LogP contribution in [-0.2, 0) is 4.79 Å². The molecule has 118 valence electrons. The van der Waals surface area contributed by atoms with E-state index in [-0.39, 0.29) is 30.3 Å². The van der Waals surface area contributed by atoms with Gasteiger partial charge in [0, 0.05) is 12.0 Å². The highest BCUT2D eigenvalue weighted by Gasteiger charge is 2.25. The van der Waals surface area contributed by atoms with E-state index in [0.29, 0.717) is 6.61 Å². The molecule has 1 aromatic rings. The van der Waals surface area contributed by atoms with Gasteiger partial charge in [-0.15, -0.1) is 12.4 Å². The van der Waals surface area contributed by atoms with Crippen LogP contribution in [0.15, 0.2) is 18.2 Å². The number of ether oxygens (including phenoxy) is 1. The summed E-state index contributed by atoms with van der Waals surface area (Å²) in [7, 11) is 0. The highest BCUT2D eigenvalue weighted by molar-refractivity contribution is 5.94. The molecule has 4 nitrogen and oxygen atoms in total. The van der Waals surface area contributed by atoms with Gasteiger partial charge in [0.25, 0.3) is 0 Å². The van der Waals surface area contributed by atoms with Crippen LogP contribution >= 0.6 is 12.4 Å². The van der Waals surface area contributed by atoms with Gasteiger partial charge in [0.05, 0.1) is 12.3 Å². The zero-order valence-electron chi connectivity index (χ0n) is 12.7. The van der Waals surface area contributed by atoms with Crippen LogP contribution in [-0.4, -0.2) is 18.6 Å². The Morgan fingerprint density at radius 3 is 2.86 bits per heavy atom. The summed E-state index contributed by atoms with van der Waals surface area (Å²) >= 11 is 0. The van der Waals surface area contributed by atoms with E-state index in [1.165, 1.54) is 0 Å². The average Bonchev–Trinajstić information content (AvgIpc) is 2.42. The first-order valence-corrected chi connectivity index (χ1v) is 7.40. The number of anilines is 1. The van der Waals surface area contributed by atoms with Gasteiger partial charge < -0.3 is 15.8 Å². The molecule has 2 rings (SSSR count). The van der Waals surface area contributed by atoms with Gasteiger partial charge >= 0.3 is 0 Å². The van der Waals surface area contributed by atoms with Gasteiger partial charge in [-0.1, -0.05) is 12.5 Å². The fourth-order valence-corrected chi connectivity index (χ4v) is 2.71. The van der Waals surface area contributed by atoms with E-state index < -0.39 is 0 Å². The molecule has 2 atom stereocenters. The number of halogens is 1. The zero-order valence-corrected chi connectivity index (χ0v) is 13.5. The fraction of sp³-hybridized carbons (Fsp3) is 0.562. The average molecular weight is 313 g/mol. The van der Waals surface area contributed by atoms with E-state index in [1.807, 2.05) is 32.0 Å². The number of nitrogens with two attached hydrogens (primary N) is 1. The molecular weight excluding hydrogens is 288 g/mol. The summed E-state index contributed by atoms with van der Waals surface area (Å²) in [6.45, 7) is 4.53. The second kappa shape index (κ2) is 8.25. The molecule has 3 N–H and O–H groups in total. The number of carbonyl (C=O) groups excluding carboxylic acids is 1. The van der Waals surface area contributed by atoms with Crippen molar-refractivity contribution < 1.29 is 9.53 Å². The minimum atomic E-state index is 0. The van der Waals surface area contributed by atoms with Gasteiger partial charge in [-0.05, 0) is 50.8 Å². The van der Waals surface area contributed by atoms with Crippen molar-refractivity contribution in [2.24, 2.45) is 11.7 Å². The Morgan fingerprint density at radius 2 is 2.19 bits per heavy atom. The fourth-order valence-electron chi connectivity index (χ4n) is 2.71. The normalized spacial score (nSPS) is 21.3. The Hall–Kier alpha value is -1.26. The van der Waals surface area contributed by atoms with Crippen LogP contribution in [0.4, 0.5) is 5.69 Å². The third-order valence-corrected chi connectivity index (χ3v) is 3.78. The molecule has 0 spiro atoms. The number of carbonyl (C=O) groups is 1. The summed E-state index contributed by atoms with van der Waals surface area (Å²) in [5.74, 6) is 0.820.